The average Bonchev–Trinajstić information content (AvgIpc) is 2.10. The maximum absolute atomic E-state index is 5.12. The van der Waals surface area contributed by atoms with Gasteiger partial charge in [0.05, 0.1) is 0 Å². The van der Waals surface area contributed by atoms with E-state index in [1.807, 2.05) is 11.8 Å². The van der Waals surface area contributed by atoms with Crippen LogP contribution in [-0.4, -0.2) is 25.1 Å². The van der Waals surface area contributed by atoms with Crippen LogP contribution in [0.25, 0.3) is 0 Å². The van der Waals surface area contributed by atoms with Crippen LogP contribution in [0, 0.1) is 12.3 Å². The molecule has 0 atom stereocenters. The Hall–Kier alpha value is -0.130. The Kier molecular flexibility index (Phi) is 10.8. The first kappa shape index (κ1) is 11.9. The van der Waals surface area contributed by atoms with E-state index in [4.69, 9.17) is 6.42 Å². The largest absolute Gasteiger partial charge is 0.316 e. The predicted octanol–water partition coefficient (Wildman–Crippen LogP) is 2.13. The molecule has 0 radical (unpaired) electrons. The molecule has 0 saturated carbocycles. The summed E-state index contributed by atoms with van der Waals surface area (Å²) in [7, 11) is 0. The van der Waals surface area contributed by atoms with Gasteiger partial charge in [0, 0.05) is 13.0 Å². The smallest absolute Gasteiger partial charge is 0.0211 e. The van der Waals surface area contributed by atoms with Gasteiger partial charge in [-0.05, 0) is 31.4 Å². The second-order valence-electron chi connectivity index (χ2n) is 2.76. The lowest BCUT2D eigenvalue weighted by Gasteiger charge is -2.01. The lowest BCUT2D eigenvalue weighted by atomic mass is 10.2. The Morgan fingerprint density at radius 1 is 1.25 bits per heavy atom. The monoisotopic (exact) mass is 185 g/mol. The predicted molar refractivity (Wildman–Crippen MR) is 58.6 cm³/mol. The summed E-state index contributed by atoms with van der Waals surface area (Å²) in [6.07, 6.45) is 12.1. The Balaban J connectivity index is 2.78. The van der Waals surface area contributed by atoms with E-state index in [1.54, 1.807) is 0 Å². The first-order chi connectivity index (χ1) is 5.91. The molecule has 0 rings (SSSR count). The molecular formula is C10H19NS. The third-order valence-electron chi connectivity index (χ3n) is 1.65. The Labute approximate surface area is 80.7 Å². The number of thioether (sulfide) groups is 1. The van der Waals surface area contributed by atoms with Gasteiger partial charge in [-0.3, -0.25) is 0 Å². The summed E-state index contributed by atoms with van der Waals surface area (Å²) in [4.78, 5) is 0. The molecule has 1 N–H and O–H groups in total. The average molecular weight is 185 g/mol. The van der Waals surface area contributed by atoms with Crippen molar-refractivity contribution >= 4 is 11.8 Å². The van der Waals surface area contributed by atoms with Gasteiger partial charge in [-0.15, -0.1) is 12.3 Å². The zero-order chi connectivity index (χ0) is 9.07. The van der Waals surface area contributed by atoms with E-state index in [2.05, 4.69) is 17.5 Å². The molecule has 0 saturated heterocycles. The van der Waals surface area contributed by atoms with Crippen LogP contribution in [0.3, 0.4) is 0 Å². The molecule has 0 spiro atoms. The molecule has 12 heavy (non-hydrogen) atoms. The first-order valence-corrected chi connectivity index (χ1v) is 5.94. The minimum atomic E-state index is 0.852. The van der Waals surface area contributed by atoms with Crippen LogP contribution in [0.2, 0.25) is 0 Å². The molecule has 1 nitrogen and oxygen atoms in total. The molecule has 0 aromatic heterocycles. The first-order valence-electron chi connectivity index (χ1n) is 4.55. The molecule has 0 fully saturated rings. The quantitative estimate of drug-likeness (QED) is 0.459. The third-order valence-corrected chi connectivity index (χ3v) is 2.35. The highest BCUT2D eigenvalue weighted by Crippen LogP contribution is 2.00. The molecule has 70 valence electrons. The lowest BCUT2D eigenvalue weighted by Crippen LogP contribution is -2.16. The molecule has 0 bridgehead atoms. The molecule has 0 aliphatic carbocycles. The van der Waals surface area contributed by atoms with Crippen LogP contribution in [0.1, 0.15) is 25.7 Å². The summed E-state index contributed by atoms with van der Waals surface area (Å²) in [6, 6.07) is 0. The highest BCUT2D eigenvalue weighted by atomic mass is 32.2. The van der Waals surface area contributed by atoms with Crippen molar-refractivity contribution in [2.45, 2.75) is 25.7 Å². The van der Waals surface area contributed by atoms with Crippen molar-refractivity contribution in [2.24, 2.45) is 0 Å². The number of rotatable bonds is 8. The molecule has 0 aliphatic heterocycles. The Bertz CT molecular complexity index is 117. The van der Waals surface area contributed by atoms with Gasteiger partial charge < -0.3 is 5.32 Å². The molecular weight excluding hydrogens is 166 g/mol. The van der Waals surface area contributed by atoms with Crippen LogP contribution in [-0.2, 0) is 0 Å². The third kappa shape index (κ3) is 9.87. The van der Waals surface area contributed by atoms with Crippen molar-refractivity contribution in [2.75, 3.05) is 25.1 Å². The van der Waals surface area contributed by atoms with E-state index in [1.165, 1.54) is 25.0 Å². The minimum absolute atomic E-state index is 0.852. The topological polar surface area (TPSA) is 12.0 Å². The normalized spacial score (nSPS) is 9.67. The van der Waals surface area contributed by atoms with Crippen molar-refractivity contribution in [1.82, 2.24) is 5.32 Å². The number of terminal acetylenes is 1. The standard InChI is InChI=1S/C10H19NS/c1-3-4-8-11-9-6-5-7-10-12-2/h1,11H,4-10H2,2H3. The molecule has 0 amide bonds. The molecule has 0 heterocycles. The van der Waals surface area contributed by atoms with Crippen molar-refractivity contribution in [3.8, 4) is 12.3 Å². The van der Waals surface area contributed by atoms with Crippen molar-refractivity contribution in [1.29, 1.82) is 0 Å². The van der Waals surface area contributed by atoms with Gasteiger partial charge in [-0.25, -0.2) is 0 Å². The zero-order valence-electron chi connectivity index (χ0n) is 7.94. The van der Waals surface area contributed by atoms with Crippen molar-refractivity contribution in [3.05, 3.63) is 0 Å². The fourth-order valence-corrected chi connectivity index (χ4v) is 1.45. The van der Waals surface area contributed by atoms with Crippen molar-refractivity contribution in [3.63, 3.8) is 0 Å². The summed E-state index contributed by atoms with van der Waals surface area (Å²) in [5, 5.41) is 3.31. The minimum Gasteiger partial charge on any atom is -0.316 e. The number of nitrogens with one attached hydrogen (secondary N) is 1. The Morgan fingerprint density at radius 3 is 2.75 bits per heavy atom. The maximum Gasteiger partial charge on any atom is 0.0211 e. The van der Waals surface area contributed by atoms with Gasteiger partial charge >= 0.3 is 0 Å². The van der Waals surface area contributed by atoms with E-state index in [-0.39, 0.29) is 0 Å². The number of unbranched alkanes of at least 4 members (excludes halogenated alkanes) is 2. The van der Waals surface area contributed by atoms with E-state index in [0.717, 1.165) is 19.5 Å². The van der Waals surface area contributed by atoms with E-state index in [9.17, 15) is 0 Å². The van der Waals surface area contributed by atoms with Crippen molar-refractivity contribution < 1.29 is 0 Å². The van der Waals surface area contributed by atoms with Crippen LogP contribution in [0.4, 0.5) is 0 Å². The molecule has 2 heteroatoms. The molecule has 0 aromatic carbocycles. The lowest BCUT2D eigenvalue weighted by molar-refractivity contribution is 0.625. The summed E-state index contributed by atoms with van der Waals surface area (Å²) in [5.74, 6) is 3.91. The fourth-order valence-electron chi connectivity index (χ4n) is 0.959. The number of hydrogen-bond acceptors (Lipinski definition) is 2. The van der Waals surface area contributed by atoms with Gasteiger partial charge in [-0.2, -0.15) is 11.8 Å². The maximum atomic E-state index is 5.12. The van der Waals surface area contributed by atoms with Gasteiger partial charge in [0.15, 0.2) is 0 Å². The summed E-state index contributed by atoms with van der Waals surface area (Å²) in [5.41, 5.74) is 0. The second kappa shape index (κ2) is 10.9. The number of hydrogen-bond donors (Lipinski definition) is 1. The molecule has 0 aromatic rings. The van der Waals surface area contributed by atoms with Crippen LogP contribution < -0.4 is 5.32 Å². The van der Waals surface area contributed by atoms with Crippen LogP contribution >= 0.6 is 11.8 Å². The summed E-state index contributed by atoms with van der Waals surface area (Å²) < 4.78 is 0. The highest BCUT2D eigenvalue weighted by Gasteiger charge is 1.88. The van der Waals surface area contributed by atoms with Gasteiger partial charge in [0.2, 0.25) is 0 Å². The van der Waals surface area contributed by atoms with Gasteiger partial charge in [0.25, 0.3) is 0 Å². The Morgan fingerprint density at radius 2 is 2.08 bits per heavy atom. The van der Waals surface area contributed by atoms with Gasteiger partial charge in [0.1, 0.15) is 0 Å². The van der Waals surface area contributed by atoms with Crippen LogP contribution in [0.5, 0.6) is 0 Å². The SMILES string of the molecule is C#CCCNCCCCCSC. The molecule has 0 aliphatic rings. The summed E-state index contributed by atoms with van der Waals surface area (Å²) in [6.45, 7) is 2.09. The summed E-state index contributed by atoms with van der Waals surface area (Å²) >= 11 is 1.93. The fraction of sp³-hybridized carbons (Fsp3) is 0.800. The molecule has 0 unspecified atom stereocenters. The van der Waals surface area contributed by atoms with E-state index < -0.39 is 0 Å². The van der Waals surface area contributed by atoms with E-state index in [0.29, 0.717) is 0 Å². The van der Waals surface area contributed by atoms with Crippen LogP contribution in [0.15, 0.2) is 0 Å². The highest BCUT2D eigenvalue weighted by molar-refractivity contribution is 7.98. The zero-order valence-corrected chi connectivity index (χ0v) is 8.75. The van der Waals surface area contributed by atoms with E-state index >= 15 is 0 Å². The second-order valence-corrected chi connectivity index (χ2v) is 3.74. The van der Waals surface area contributed by atoms with Gasteiger partial charge in [-0.1, -0.05) is 6.42 Å².